The number of aryl methyl sites for hydroxylation is 2. The first-order valence-corrected chi connectivity index (χ1v) is 18.4. The maximum Gasteiger partial charge on any atom is 0.337 e. The van der Waals surface area contributed by atoms with Gasteiger partial charge in [0.25, 0.3) is 11.8 Å². The van der Waals surface area contributed by atoms with E-state index in [1.165, 1.54) is 43.3 Å². The highest BCUT2D eigenvalue weighted by Gasteiger charge is 2.27. The molecule has 2 aliphatic rings. The Labute approximate surface area is 332 Å². The number of carbonyl (C=O) groups excluding carboxylic acids is 3. The monoisotopic (exact) mass is 865 g/mol. The van der Waals surface area contributed by atoms with Gasteiger partial charge in [-0.15, -0.1) is 0 Å². The molecule has 2 amide bonds. The van der Waals surface area contributed by atoms with E-state index < -0.39 is 17.6 Å². The Morgan fingerprint density at radius 3 is 1.60 bits per heavy atom. The minimum absolute atomic E-state index is 0.0294. The number of rotatable bonds is 4. The van der Waals surface area contributed by atoms with E-state index in [2.05, 4.69) is 50.9 Å². The fourth-order valence-electron chi connectivity index (χ4n) is 6.24. The highest BCUT2D eigenvalue weighted by atomic mass is 127. The lowest BCUT2D eigenvalue weighted by Gasteiger charge is -2.19. The number of imidazole rings is 1. The number of halogens is 3. The third-order valence-corrected chi connectivity index (χ3v) is 8.90. The maximum absolute atomic E-state index is 13.4. The average molecular weight is 866 g/mol. The van der Waals surface area contributed by atoms with E-state index >= 15 is 0 Å². The molecule has 0 unspecified atom stereocenters. The van der Waals surface area contributed by atoms with Gasteiger partial charge < -0.3 is 30.3 Å². The fraction of sp³-hybridized carbons (Fsp3) is 0.244. The maximum atomic E-state index is 13.4. The second-order valence-electron chi connectivity index (χ2n) is 13.7. The number of carbonyl (C=O) groups is 4. The summed E-state index contributed by atoms with van der Waals surface area (Å²) in [5.74, 6) is -2.52. The molecule has 0 radical (unpaired) electrons. The fourth-order valence-corrected chi connectivity index (χ4v) is 6.24. The summed E-state index contributed by atoms with van der Waals surface area (Å²) in [6.45, 7) is 14.9. The summed E-state index contributed by atoms with van der Waals surface area (Å²) in [6, 6.07) is 8.23. The van der Waals surface area contributed by atoms with Crippen LogP contribution < -0.4 is 10.6 Å². The Morgan fingerprint density at radius 1 is 0.836 bits per heavy atom. The van der Waals surface area contributed by atoms with Crippen molar-refractivity contribution < 1.29 is 34.4 Å². The van der Waals surface area contributed by atoms with Gasteiger partial charge in [0.15, 0.2) is 5.78 Å². The molecule has 11 nitrogen and oxygen atoms in total. The van der Waals surface area contributed by atoms with Crippen molar-refractivity contribution in [2.75, 3.05) is 15.5 Å². The van der Waals surface area contributed by atoms with Crippen LogP contribution in [0.4, 0.5) is 20.2 Å². The van der Waals surface area contributed by atoms with Crippen LogP contribution in [-0.4, -0.2) is 53.1 Å². The standard InChI is InChI=1S/C17H15FN2O2.C16H13FN2O3.C7H12N2.CH3I/c1-8-15(19-9(2)16(8)10(3)21)7-13-12-6-11(18)4-5-14(12)20-17(13)22;1-7-13(18-8(2)14(7)16(21)22)6-11-10-5-9(17)3-4-12(10)19-15(11)20;1-7(2,3)9-5-4-8-6-9;1-2/h4-7,19H,1-3H3,(H,20,22);3-6,18H,1-2H3,(H,19,20)(H,21,22);4-6H,1-3H3;1H3/b13-7-;11-6-;;/i;;;1D. The lowest BCUT2D eigenvalue weighted by molar-refractivity contribution is -0.111. The van der Waals surface area contributed by atoms with E-state index in [-0.39, 0.29) is 28.7 Å². The second-order valence-corrected chi connectivity index (χ2v) is 13.7. The third-order valence-electron chi connectivity index (χ3n) is 8.90. The Morgan fingerprint density at radius 2 is 1.27 bits per heavy atom. The highest BCUT2D eigenvalue weighted by molar-refractivity contribution is 14.1. The van der Waals surface area contributed by atoms with Gasteiger partial charge in [-0.05, 0) is 120 Å². The molecular formula is C41H43F2IN6O5. The number of benzene rings is 2. The lowest BCUT2D eigenvalue weighted by Crippen LogP contribution is -2.19. The highest BCUT2D eigenvalue weighted by Crippen LogP contribution is 2.36. The van der Waals surface area contributed by atoms with Gasteiger partial charge in [0.2, 0.25) is 0 Å². The number of hydrogen-bond acceptors (Lipinski definition) is 5. The molecule has 0 spiro atoms. The van der Waals surface area contributed by atoms with Gasteiger partial charge in [-0.25, -0.2) is 18.6 Å². The smallest absolute Gasteiger partial charge is 0.337 e. The number of nitrogens with zero attached hydrogens (tertiary/aromatic N) is 2. The van der Waals surface area contributed by atoms with Crippen LogP contribution in [0.5, 0.6) is 0 Å². The second kappa shape index (κ2) is 17.2. The number of Topliss-reactive ketones (excluding diaryl/α,β-unsaturated/α-hetero) is 1. The number of alkyl halides is 1. The summed E-state index contributed by atoms with van der Waals surface area (Å²) >= 11 is 1.96. The van der Waals surface area contributed by atoms with Gasteiger partial charge in [-0.3, -0.25) is 14.4 Å². The summed E-state index contributed by atoms with van der Waals surface area (Å²) in [6.07, 6.45) is 8.82. The van der Waals surface area contributed by atoms with Gasteiger partial charge in [0.1, 0.15) is 11.6 Å². The van der Waals surface area contributed by atoms with Gasteiger partial charge in [-0.2, -0.15) is 0 Å². The molecule has 0 fully saturated rings. The predicted molar refractivity (Wildman–Crippen MR) is 220 cm³/mol. The number of amides is 2. The number of anilines is 2. The number of H-pyrrole nitrogens is 2. The predicted octanol–water partition coefficient (Wildman–Crippen LogP) is 9.12. The SMILES string of the molecule is CC(=O)c1c(C)[nH]c(/C=C2\C(=O)Nc3ccc(F)cc32)c1C.CC(C)(C)n1ccnc1.Cc1[nH]c(/C=C2\C(=O)Nc3ccc(F)cc32)c(C)c1C(=O)O.[2H]CI. The van der Waals surface area contributed by atoms with Crippen molar-refractivity contribution in [1.82, 2.24) is 19.5 Å². The molecule has 0 saturated heterocycles. The van der Waals surface area contributed by atoms with Crippen LogP contribution in [0.2, 0.25) is 0 Å². The van der Waals surface area contributed by atoms with E-state index in [0.29, 0.717) is 66.8 Å². The van der Waals surface area contributed by atoms with Crippen molar-refractivity contribution in [1.29, 1.82) is 0 Å². The number of fused-ring (bicyclic) bond motifs is 2. The summed E-state index contributed by atoms with van der Waals surface area (Å²) < 4.78 is 35.1. The first-order chi connectivity index (χ1) is 26.3. The Kier molecular flexibility index (Phi) is 12.7. The van der Waals surface area contributed by atoms with Gasteiger partial charge >= 0.3 is 5.97 Å². The topological polar surface area (TPSA) is 162 Å². The van der Waals surface area contributed by atoms with Crippen LogP contribution in [0.3, 0.4) is 0 Å². The van der Waals surface area contributed by atoms with E-state index in [1.54, 1.807) is 32.2 Å². The molecule has 3 aromatic heterocycles. The first kappa shape index (κ1) is 40.5. The minimum atomic E-state index is -1.03. The van der Waals surface area contributed by atoms with Crippen molar-refractivity contribution in [3.63, 3.8) is 0 Å². The molecular weight excluding hydrogens is 821 g/mol. The summed E-state index contributed by atoms with van der Waals surface area (Å²) in [5, 5.41) is 14.6. The van der Waals surface area contributed by atoms with Crippen LogP contribution in [0.15, 0.2) is 55.1 Å². The Hall–Kier alpha value is -5.64. The summed E-state index contributed by atoms with van der Waals surface area (Å²) in [7, 11) is 0. The molecule has 5 N–H and O–H groups in total. The van der Waals surface area contributed by atoms with Crippen LogP contribution in [-0.2, 0) is 15.1 Å². The number of aromatic amines is 2. The van der Waals surface area contributed by atoms with Crippen molar-refractivity contribution >= 4 is 80.8 Å². The van der Waals surface area contributed by atoms with Gasteiger partial charge in [0, 0.05) is 70.1 Å². The molecule has 0 aliphatic carbocycles. The molecule has 0 atom stereocenters. The first-order valence-electron chi connectivity index (χ1n) is 17.6. The number of carboxylic acids is 1. The van der Waals surface area contributed by atoms with Gasteiger partial charge in [-0.1, -0.05) is 22.6 Å². The number of carboxylic acid groups (broad SMARTS) is 1. The van der Waals surface area contributed by atoms with E-state index in [1.807, 2.05) is 49.0 Å². The number of hydrogen-bond donors (Lipinski definition) is 5. The van der Waals surface area contributed by atoms with Crippen molar-refractivity contribution in [2.24, 2.45) is 0 Å². The van der Waals surface area contributed by atoms with Crippen LogP contribution in [0.1, 0.15) is 94.8 Å². The van der Waals surface area contributed by atoms with Crippen LogP contribution >= 0.6 is 22.6 Å². The van der Waals surface area contributed by atoms with E-state index in [9.17, 15) is 33.1 Å². The normalized spacial score (nSPS) is 14.3. The molecule has 2 aliphatic heterocycles. The zero-order valence-corrected chi connectivity index (χ0v) is 33.8. The molecule has 288 valence electrons. The number of aromatic carboxylic acids is 1. The van der Waals surface area contributed by atoms with Crippen molar-refractivity contribution in [2.45, 2.75) is 60.9 Å². The molecule has 5 aromatic rings. The van der Waals surface area contributed by atoms with Crippen LogP contribution in [0.25, 0.3) is 23.3 Å². The Bertz CT molecular complexity index is 2230. The van der Waals surface area contributed by atoms with Crippen LogP contribution in [0, 0.1) is 39.3 Å². The molecule has 0 saturated carbocycles. The molecule has 55 heavy (non-hydrogen) atoms. The summed E-state index contributed by atoms with van der Waals surface area (Å²) in [4.78, 5) is 57.6. The number of aromatic nitrogens is 4. The van der Waals surface area contributed by atoms with Gasteiger partial charge in [0.05, 0.1) is 23.0 Å². The Balaban J connectivity index is 0.000000194. The molecule has 2 aromatic carbocycles. The van der Waals surface area contributed by atoms with E-state index in [4.69, 9.17) is 1.37 Å². The largest absolute Gasteiger partial charge is 0.478 e. The molecule has 14 heteroatoms. The quantitative estimate of drug-likeness (QED) is 0.0524. The molecule has 5 heterocycles. The average Bonchev–Trinajstić information content (AvgIpc) is 3.92. The zero-order chi connectivity index (χ0) is 41.6. The zero-order valence-electron chi connectivity index (χ0n) is 32.7. The van der Waals surface area contributed by atoms with E-state index in [0.717, 1.165) is 11.3 Å². The van der Waals surface area contributed by atoms with Crippen molar-refractivity contribution in [3.8, 4) is 0 Å². The lowest BCUT2D eigenvalue weighted by atomic mass is 10.0. The van der Waals surface area contributed by atoms with Crippen molar-refractivity contribution in [3.05, 3.63) is 123 Å². The molecule has 0 bridgehead atoms. The summed E-state index contributed by atoms with van der Waals surface area (Å²) in [5.41, 5.74) is 7.60. The minimum Gasteiger partial charge on any atom is -0.478 e. The molecule has 7 rings (SSSR count). The number of nitrogens with one attached hydrogen (secondary N) is 4. The number of ketones is 1. The third kappa shape index (κ3) is 9.36.